The lowest BCUT2D eigenvalue weighted by Gasteiger charge is -2.18. The van der Waals surface area contributed by atoms with Crippen molar-refractivity contribution in [2.45, 2.75) is 18.3 Å². The van der Waals surface area contributed by atoms with Crippen LogP contribution in [0.2, 0.25) is 15.1 Å². The van der Waals surface area contributed by atoms with Crippen molar-refractivity contribution in [2.24, 2.45) is 0 Å². The summed E-state index contributed by atoms with van der Waals surface area (Å²) in [7, 11) is 0. The Morgan fingerprint density at radius 3 is 2.11 bits per heavy atom. The van der Waals surface area contributed by atoms with E-state index < -0.39 is 43.2 Å². The summed E-state index contributed by atoms with van der Waals surface area (Å²) < 4.78 is 77.6. The predicted molar refractivity (Wildman–Crippen MR) is 127 cm³/mol. The maximum Gasteiger partial charge on any atom is 0.405 e. The fourth-order valence-electron chi connectivity index (χ4n) is 2.95. The van der Waals surface area contributed by atoms with Gasteiger partial charge >= 0.3 is 12.4 Å². The third-order valence-electron chi connectivity index (χ3n) is 4.63. The molecule has 2 amide bonds. The van der Waals surface area contributed by atoms with Crippen molar-refractivity contribution in [2.75, 3.05) is 13.1 Å². The number of alkyl halides is 6. The van der Waals surface area contributed by atoms with Crippen LogP contribution in [0.15, 0.2) is 43.0 Å². The Hall–Kier alpha value is -2.69. The number of allylic oxidation sites excluding steroid dienone is 1. The molecule has 1 unspecified atom stereocenters. The average molecular weight is 574 g/mol. The average Bonchev–Trinajstić information content (AvgIpc) is 2.78. The van der Waals surface area contributed by atoms with Gasteiger partial charge in [-0.3, -0.25) is 9.59 Å². The van der Waals surface area contributed by atoms with Gasteiger partial charge in [-0.2, -0.15) is 26.3 Å². The summed E-state index contributed by atoms with van der Waals surface area (Å²) in [4.78, 5) is 23.8. The number of carbonyl (C=O) groups is 2. The normalized spacial score (nSPS) is 12.9. The molecule has 2 aromatic carbocycles. The van der Waals surface area contributed by atoms with E-state index in [1.165, 1.54) is 30.4 Å². The zero-order valence-electron chi connectivity index (χ0n) is 18.0. The van der Waals surface area contributed by atoms with Gasteiger partial charge in [-0.05, 0) is 41.0 Å². The van der Waals surface area contributed by atoms with E-state index in [9.17, 15) is 35.9 Å². The van der Waals surface area contributed by atoms with Gasteiger partial charge in [0.15, 0.2) is 0 Å². The molecule has 0 saturated carbocycles. The highest BCUT2D eigenvalue weighted by Crippen LogP contribution is 2.41. The molecule has 0 fully saturated rings. The molecule has 13 heteroatoms. The Morgan fingerprint density at radius 2 is 1.58 bits per heavy atom. The Labute approximate surface area is 216 Å². The summed E-state index contributed by atoms with van der Waals surface area (Å²) in [6, 6.07) is 6.12. The van der Waals surface area contributed by atoms with Gasteiger partial charge in [-0.15, -0.1) is 0 Å². The van der Waals surface area contributed by atoms with Crippen LogP contribution in [-0.2, 0) is 4.79 Å². The van der Waals surface area contributed by atoms with Crippen LogP contribution < -0.4 is 10.6 Å². The second-order valence-corrected chi connectivity index (χ2v) is 8.49. The lowest BCUT2D eigenvalue weighted by Crippen LogP contribution is -2.41. The van der Waals surface area contributed by atoms with Gasteiger partial charge in [-0.1, -0.05) is 65.7 Å². The maximum absolute atomic E-state index is 13.7. The van der Waals surface area contributed by atoms with Crippen LogP contribution in [0, 0.1) is 0 Å². The van der Waals surface area contributed by atoms with E-state index in [-0.39, 0.29) is 37.3 Å². The molecule has 2 rings (SSSR count). The minimum atomic E-state index is -4.69. The summed E-state index contributed by atoms with van der Waals surface area (Å²) in [5.74, 6) is -3.92. The van der Waals surface area contributed by atoms with Gasteiger partial charge in [0.05, 0.1) is 27.5 Å². The summed E-state index contributed by atoms with van der Waals surface area (Å²) in [5.41, 5.74) is 0.271. The summed E-state index contributed by atoms with van der Waals surface area (Å²) in [6.07, 6.45) is -5.98. The monoisotopic (exact) mass is 572 g/mol. The van der Waals surface area contributed by atoms with E-state index in [0.29, 0.717) is 0 Å². The molecular formula is C23H17Cl3F6N2O2. The van der Waals surface area contributed by atoms with E-state index >= 15 is 0 Å². The number of amides is 2. The van der Waals surface area contributed by atoms with E-state index in [2.05, 4.69) is 11.9 Å². The Kier molecular flexibility index (Phi) is 9.87. The smallest absolute Gasteiger partial charge is 0.345 e. The van der Waals surface area contributed by atoms with Crippen molar-refractivity contribution < 1.29 is 35.9 Å². The van der Waals surface area contributed by atoms with Gasteiger partial charge in [0.2, 0.25) is 5.91 Å². The summed E-state index contributed by atoms with van der Waals surface area (Å²) in [5, 5.41) is 3.42. The molecule has 36 heavy (non-hydrogen) atoms. The third kappa shape index (κ3) is 8.46. The van der Waals surface area contributed by atoms with Crippen LogP contribution in [0.3, 0.4) is 0 Å². The molecule has 194 valence electrons. The van der Waals surface area contributed by atoms with Crippen molar-refractivity contribution in [3.8, 4) is 0 Å². The van der Waals surface area contributed by atoms with Gasteiger partial charge in [0.25, 0.3) is 5.91 Å². The zero-order chi connectivity index (χ0) is 27.3. The molecular weight excluding hydrogens is 557 g/mol. The van der Waals surface area contributed by atoms with E-state index in [0.717, 1.165) is 18.2 Å². The van der Waals surface area contributed by atoms with E-state index in [4.69, 9.17) is 34.8 Å². The standard InChI is InChI=1S/C23H17Cl3F6N2O2/c1-2-13-7-12(3-5-15(13)21(36)33-10-19(35)34-11-22(27,28)29)4-6-16(23(30,31)32)14-8-17(24)20(26)18(25)9-14/h2-9,16H,1,10-11H2,(H,33,36)(H,34,35). The molecule has 0 aliphatic heterocycles. The number of nitrogens with one attached hydrogen (secondary N) is 2. The predicted octanol–water partition coefficient (Wildman–Crippen LogP) is 7.06. The lowest BCUT2D eigenvalue weighted by atomic mass is 9.96. The molecule has 0 aliphatic carbocycles. The number of carbonyl (C=O) groups excluding carboxylic acids is 2. The van der Waals surface area contributed by atoms with Crippen molar-refractivity contribution in [3.05, 3.63) is 80.3 Å². The number of hydrogen-bond acceptors (Lipinski definition) is 2. The largest absolute Gasteiger partial charge is 0.405 e. The fraction of sp³-hybridized carbons (Fsp3) is 0.217. The molecule has 0 aromatic heterocycles. The molecule has 2 aromatic rings. The second-order valence-electron chi connectivity index (χ2n) is 7.30. The second kappa shape index (κ2) is 12.0. The SMILES string of the molecule is C=Cc1cc(C=CC(c2cc(Cl)c(Cl)c(Cl)c2)C(F)(F)F)ccc1C(=O)NCC(=O)NCC(F)(F)F. The number of hydrogen-bond donors (Lipinski definition) is 2. The first-order chi connectivity index (χ1) is 16.6. The highest BCUT2D eigenvalue weighted by atomic mass is 35.5. The minimum Gasteiger partial charge on any atom is -0.345 e. The number of halogens is 9. The topological polar surface area (TPSA) is 58.2 Å². The molecule has 1 atom stereocenters. The molecule has 0 aliphatic rings. The Bertz CT molecular complexity index is 1160. The molecule has 0 spiro atoms. The van der Waals surface area contributed by atoms with Crippen LogP contribution in [0.5, 0.6) is 0 Å². The van der Waals surface area contributed by atoms with Crippen LogP contribution in [0.25, 0.3) is 12.2 Å². The Morgan fingerprint density at radius 1 is 0.972 bits per heavy atom. The van der Waals surface area contributed by atoms with E-state index in [1.54, 1.807) is 5.32 Å². The van der Waals surface area contributed by atoms with Crippen LogP contribution in [0.4, 0.5) is 26.3 Å². The first-order valence-corrected chi connectivity index (χ1v) is 11.0. The Balaban J connectivity index is 2.21. The first kappa shape index (κ1) is 29.5. The highest BCUT2D eigenvalue weighted by molar-refractivity contribution is 6.48. The third-order valence-corrected chi connectivity index (χ3v) is 5.83. The van der Waals surface area contributed by atoms with Gasteiger partial charge in [0.1, 0.15) is 6.54 Å². The maximum atomic E-state index is 13.7. The van der Waals surface area contributed by atoms with Crippen molar-refractivity contribution in [1.82, 2.24) is 10.6 Å². The number of benzene rings is 2. The quantitative estimate of drug-likeness (QED) is 0.263. The zero-order valence-corrected chi connectivity index (χ0v) is 20.3. The molecule has 0 heterocycles. The summed E-state index contributed by atoms with van der Waals surface area (Å²) >= 11 is 17.6. The van der Waals surface area contributed by atoms with Crippen LogP contribution in [0.1, 0.15) is 33.0 Å². The van der Waals surface area contributed by atoms with Crippen LogP contribution >= 0.6 is 34.8 Å². The molecule has 0 bridgehead atoms. The van der Waals surface area contributed by atoms with E-state index in [1.807, 2.05) is 0 Å². The molecule has 2 N–H and O–H groups in total. The first-order valence-electron chi connectivity index (χ1n) is 9.90. The summed E-state index contributed by atoms with van der Waals surface area (Å²) in [6.45, 7) is 1.28. The lowest BCUT2D eigenvalue weighted by molar-refractivity contribution is -0.139. The van der Waals surface area contributed by atoms with Crippen molar-refractivity contribution >= 4 is 58.8 Å². The number of rotatable bonds is 8. The van der Waals surface area contributed by atoms with Gasteiger partial charge in [0, 0.05) is 5.56 Å². The molecule has 0 saturated heterocycles. The minimum absolute atomic E-state index is 0.00871. The van der Waals surface area contributed by atoms with Gasteiger partial charge < -0.3 is 10.6 Å². The molecule has 4 nitrogen and oxygen atoms in total. The van der Waals surface area contributed by atoms with Crippen molar-refractivity contribution in [1.29, 1.82) is 0 Å². The highest BCUT2D eigenvalue weighted by Gasteiger charge is 2.39. The van der Waals surface area contributed by atoms with Gasteiger partial charge in [-0.25, -0.2) is 0 Å². The van der Waals surface area contributed by atoms with Crippen LogP contribution in [-0.4, -0.2) is 37.3 Å². The van der Waals surface area contributed by atoms with Crippen molar-refractivity contribution in [3.63, 3.8) is 0 Å². The fourth-order valence-corrected chi connectivity index (χ4v) is 3.56. The molecule has 0 radical (unpaired) electrons.